The Labute approximate surface area is 134 Å². The lowest BCUT2D eigenvalue weighted by atomic mass is 10.1. The van der Waals surface area contributed by atoms with Crippen molar-refractivity contribution in [1.29, 1.82) is 0 Å². The number of ether oxygens (including phenoxy) is 1. The van der Waals surface area contributed by atoms with Crippen LogP contribution in [0.4, 0.5) is 4.79 Å². The topological polar surface area (TPSA) is 117 Å². The largest absolute Gasteiger partial charge is 0.445 e. The number of aliphatic hydroxyl groups excluding tert-OH is 1. The molecule has 0 aliphatic carbocycles. The monoisotopic (exact) mass is 323 g/mol. The van der Waals surface area contributed by atoms with Gasteiger partial charge in [0.15, 0.2) is 0 Å². The smallest absolute Gasteiger partial charge is 0.407 e. The van der Waals surface area contributed by atoms with Crippen molar-refractivity contribution >= 4 is 17.9 Å². The van der Waals surface area contributed by atoms with Crippen LogP contribution in [-0.4, -0.2) is 48.8 Å². The van der Waals surface area contributed by atoms with E-state index in [4.69, 9.17) is 4.74 Å². The molecule has 0 aliphatic heterocycles. The summed E-state index contributed by atoms with van der Waals surface area (Å²) in [4.78, 5) is 34.7. The van der Waals surface area contributed by atoms with Crippen LogP contribution in [0.2, 0.25) is 0 Å². The SMILES string of the molecule is CNC(=O)[C@@H](NC(=O)CNC(=O)OCc1ccccc1)[C@H](C)O. The van der Waals surface area contributed by atoms with E-state index in [9.17, 15) is 19.5 Å². The first-order valence-electron chi connectivity index (χ1n) is 7.07. The van der Waals surface area contributed by atoms with Crippen molar-refractivity contribution in [3.63, 3.8) is 0 Å². The van der Waals surface area contributed by atoms with Crippen LogP contribution < -0.4 is 16.0 Å². The summed E-state index contributed by atoms with van der Waals surface area (Å²) >= 11 is 0. The third-order valence-corrected chi connectivity index (χ3v) is 2.93. The Kier molecular flexibility index (Phi) is 7.55. The van der Waals surface area contributed by atoms with Gasteiger partial charge in [0.05, 0.1) is 6.10 Å². The Morgan fingerprint density at radius 2 is 1.87 bits per heavy atom. The molecule has 23 heavy (non-hydrogen) atoms. The number of alkyl carbamates (subject to hydrolysis) is 1. The molecule has 1 aromatic carbocycles. The van der Waals surface area contributed by atoms with Gasteiger partial charge in [0.1, 0.15) is 19.2 Å². The lowest BCUT2D eigenvalue weighted by molar-refractivity contribution is -0.130. The van der Waals surface area contributed by atoms with Crippen LogP contribution in [0.15, 0.2) is 30.3 Å². The Balaban J connectivity index is 2.34. The van der Waals surface area contributed by atoms with Crippen LogP contribution in [-0.2, 0) is 20.9 Å². The van der Waals surface area contributed by atoms with Crippen molar-refractivity contribution in [2.24, 2.45) is 0 Å². The van der Waals surface area contributed by atoms with E-state index in [1.807, 2.05) is 18.2 Å². The Morgan fingerprint density at radius 1 is 1.22 bits per heavy atom. The molecule has 0 saturated carbocycles. The van der Waals surface area contributed by atoms with Gasteiger partial charge in [-0.25, -0.2) is 4.79 Å². The fraction of sp³-hybridized carbons (Fsp3) is 0.400. The first-order valence-corrected chi connectivity index (χ1v) is 7.07. The maximum Gasteiger partial charge on any atom is 0.407 e. The molecule has 0 unspecified atom stereocenters. The van der Waals surface area contributed by atoms with Crippen molar-refractivity contribution in [3.05, 3.63) is 35.9 Å². The molecular formula is C15H21N3O5. The van der Waals surface area contributed by atoms with Crippen LogP contribution >= 0.6 is 0 Å². The predicted octanol–water partition coefficient (Wildman–Crippen LogP) is -0.476. The highest BCUT2D eigenvalue weighted by molar-refractivity contribution is 5.89. The van der Waals surface area contributed by atoms with Crippen molar-refractivity contribution in [2.75, 3.05) is 13.6 Å². The van der Waals surface area contributed by atoms with Crippen LogP contribution in [0.25, 0.3) is 0 Å². The molecule has 4 N–H and O–H groups in total. The van der Waals surface area contributed by atoms with Gasteiger partial charge in [0, 0.05) is 7.05 Å². The molecule has 0 bridgehead atoms. The van der Waals surface area contributed by atoms with Crippen LogP contribution in [0.3, 0.4) is 0 Å². The van der Waals surface area contributed by atoms with Gasteiger partial charge in [-0.15, -0.1) is 0 Å². The third-order valence-electron chi connectivity index (χ3n) is 2.93. The second kappa shape index (κ2) is 9.42. The number of rotatable bonds is 7. The first kappa shape index (κ1) is 18.4. The van der Waals surface area contributed by atoms with Crippen molar-refractivity contribution in [2.45, 2.75) is 25.7 Å². The van der Waals surface area contributed by atoms with E-state index >= 15 is 0 Å². The molecule has 8 nitrogen and oxygen atoms in total. The van der Waals surface area contributed by atoms with Gasteiger partial charge < -0.3 is 25.8 Å². The average Bonchev–Trinajstić information content (AvgIpc) is 2.55. The summed E-state index contributed by atoms with van der Waals surface area (Å²) in [6, 6.07) is 8.00. The van der Waals surface area contributed by atoms with Crippen LogP contribution in [0.5, 0.6) is 0 Å². The van der Waals surface area contributed by atoms with Crippen molar-refractivity contribution < 1.29 is 24.2 Å². The van der Waals surface area contributed by atoms with Crippen molar-refractivity contribution in [1.82, 2.24) is 16.0 Å². The first-order chi connectivity index (χ1) is 10.9. The summed E-state index contributed by atoms with van der Waals surface area (Å²) in [6.45, 7) is 1.10. The lowest BCUT2D eigenvalue weighted by Gasteiger charge is -2.19. The summed E-state index contributed by atoms with van der Waals surface area (Å²) in [5.74, 6) is -1.14. The summed E-state index contributed by atoms with van der Waals surface area (Å²) in [5.41, 5.74) is 0.820. The highest BCUT2D eigenvalue weighted by Gasteiger charge is 2.24. The molecule has 0 fully saturated rings. The maximum absolute atomic E-state index is 11.7. The van der Waals surface area contributed by atoms with Gasteiger partial charge in [-0.3, -0.25) is 9.59 Å². The van der Waals surface area contributed by atoms with Gasteiger partial charge in [0.25, 0.3) is 0 Å². The number of nitrogens with one attached hydrogen (secondary N) is 3. The predicted molar refractivity (Wildman–Crippen MR) is 82.3 cm³/mol. The number of likely N-dealkylation sites (N-methyl/N-ethyl adjacent to an activating group) is 1. The lowest BCUT2D eigenvalue weighted by Crippen LogP contribution is -2.53. The summed E-state index contributed by atoms with van der Waals surface area (Å²) in [7, 11) is 1.39. The highest BCUT2D eigenvalue weighted by atomic mass is 16.5. The van der Waals surface area contributed by atoms with Gasteiger partial charge in [-0.05, 0) is 12.5 Å². The zero-order valence-corrected chi connectivity index (χ0v) is 13.0. The number of amides is 3. The van der Waals surface area contributed by atoms with E-state index in [1.54, 1.807) is 12.1 Å². The Morgan fingerprint density at radius 3 is 2.43 bits per heavy atom. The van der Waals surface area contributed by atoms with E-state index in [0.717, 1.165) is 5.56 Å². The minimum atomic E-state index is -1.09. The second-order valence-corrected chi connectivity index (χ2v) is 4.82. The van der Waals surface area contributed by atoms with Gasteiger partial charge in [0.2, 0.25) is 11.8 Å². The molecule has 0 heterocycles. The van der Waals surface area contributed by atoms with E-state index < -0.39 is 30.1 Å². The van der Waals surface area contributed by atoms with E-state index in [1.165, 1.54) is 14.0 Å². The number of benzene rings is 1. The summed E-state index contributed by atoms with van der Waals surface area (Å²) in [5, 5.41) is 16.4. The number of carbonyl (C=O) groups is 3. The molecule has 8 heteroatoms. The molecule has 1 rings (SSSR count). The van der Waals surface area contributed by atoms with Gasteiger partial charge in [-0.1, -0.05) is 30.3 Å². The van der Waals surface area contributed by atoms with E-state index in [2.05, 4.69) is 16.0 Å². The fourth-order valence-corrected chi connectivity index (χ4v) is 1.71. The molecule has 0 spiro atoms. The van der Waals surface area contributed by atoms with Crippen LogP contribution in [0.1, 0.15) is 12.5 Å². The third kappa shape index (κ3) is 6.79. The minimum absolute atomic E-state index is 0.0861. The quantitative estimate of drug-likeness (QED) is 0.541. The number of hydrogen-bond donors (Lipinski definition) is 4. The zero-order chi connectivity index (χ0) is 17.2. The van der Waals surface area contributed by atoms with Gasteiger partial charge in [-0.2, -0.15) is 0 Å². The molecule has 0 aromatic heterocycles. The molecule has 3 amide bonds. The number of hydrogen-bond acceptors (Lipinski definition) is 5. The van der Waals surface area contributed by atoms with Crippen molar-refractivity contribution in [3.8, 4) is 0 Å². The van der Waals surface area contributed by atoms with Crippen LogP contribution in [0, 0.1) is 0 Å². The maximum atomic E-state index is 11.7. The number of aliphatic hydroxyl groups is 1. The molecule has 0 saturated heterocycles. The molecular weight excluding hydrogens is 302 g/mol. The zero-order valence-electron chi connectivity index (χ0n) is 13.0. The Hall–Kier alpha value is -2.61. The molecule has 126 valence electrons. The van der Waals surface area contributed by atoms with Gasteiger partial charge >= 0.3 is 6.09 Å². The highest BCUT2D eigenvalue weighted by Crippen LogP contribution is 2.00. The minimum Gasteiger partial charge on any atom is -0.445 e. The summed E-state index contributed by atoms with van der Waals surface area (Å²) in [6.07, 6.45) is -1.82. The normalized spacial score (nSPS) is 12.7. The molecule has 2 atom stereocenters. The van der Waals surface area contributed by atoms with E-state index in [0.29, 0.717) is 0 Å². The molecule has 1 aromatic rings. The number of carbonyl (C=O) groups excluding carboxylic acids is 3. The fourth-order valence-electron chi connectivity index (χ4n) is 1.71. The van der Waals surface area contributed by atoms with E-state index in [-0.39, 0.29) is 13.2 Å². The average molecular weight is 323 g/mol. The molecule has 0 aliphatic rings. The Bertz CT molecular complexity index is 533. The second-order valence-electron chi connectivity index (χ2n) is 4.82. The summed E-state index contributed by atoms with van der Waals surface area (Å²) < 4.78 is 4.94. The molecule has 0 radical (unpaired) electrons. The standard InChI is InChI=1S/C15H21N3O5/c1-10(19)13(14(21)16-2)18-12(20)8-17-15(22)23-9-11-6-4-3-5-7-11/h3-7,10,13,19H,8-9H2,1-2H3,(H,16,21)(H,17,22)(H,18,20)/t10-,13-/m0/s1.